The Hall–Kier alpha value is -2.57. The molecule has 0 saturated heterocycles. The van der Waals surface area contributed by atoms with Crippen molar-refractivity contribution in [1.29, 1.82) is 0 Å². The Kier molecular flexibility index (Phi) is 7.49. The summed E-state index contributed by atoms with van der Waals surface area (Å²) in [7, 11) is 0. The molecule has 2 N–H and O–H groups in total. The monoisotopic (exact) mass is 468 g/mol. The van der Waals surface area contributed by atoms with Gasteiger partial charge in [0.15, 0.2) is 0 Å². The fourth-order valence-corrected chi connectivity index (χ4v) is 3.86. The van der Waals surface area contributed by atoms with Crippen molar-refractivity contribution in [3.05, 3.63) is 88.9 Å². The van der Waals surface area contributed by atoms with Gasteiger partial charge >= 0.3 is 0 Å². The van der Waals surface area contributed by atoms with Crippen molar-refractivity contribution < 1.29 is 9.59 Å². The van der Waals surface area contributed by atoms with Crippen LogP contribution in [0, 0.1) is 0 Å². The highest BCUT2D eigenvalue weighted by Gasteiger charge is 2.15. The van der Waals surface area contributed by atoms with E-state index in [4.69, 9.17) is 0 Å². The third-order valence-corrected chi connectivity index (χ3v) is 5.74. The van der Waals surface area contributed by atoms with Crippen molar-refractivity contribution in [2.45, 2.75) is 23.5 Å². The van der Waals surface area contributed by atoms with E-state index in [1.807, 2.05) is 85.8 Å². The van der Waals surface area contributed by atoms with Gasteiger partial charge in [0.1, 0.15) is 0 Å². The van der Waals surface area contributed by atoms with Gasteiger partial charge in [-0.2, -0.15) is 0 Å². The highest BCUT2D eigenvalue weighted by molar-refractivity contribution is 9.10. The molecule has 3 aromatic rings. The highest BCUT2D eigenvalue weighted by atomic mass is 79.9. The molecule has 0 spiro atoms. The van der Waals surface area contributed by atoms with Gasteiger partial charge in [-0.25, -0.2) is 0 Å². The van der Waals surface area contributed by atoms with Gasteiger partial charge in [0.2, 0.25) is 11.8 Å². The van der Waals surface area contributed by atoms with Gasteiger partial charge in [0, 0.05) is 20.7 Å². The zero-order chi connectivity index (χ0) is 20.6. The first-order valence-electron chi connectivity index (χ1n) is 9.16. The number of anilines is 2. The second-order valence-electron chi connectivity index (χ2n) is 6.49. The van der Waals surface area contributed by atoms with Crippen LogP contribution in [-0.4, -0.2) is 17.1 Å². The fraction of sp³-hybridized carbons (Fsp3) is 0.130. The zero-order valence-corrected chi connectivity index (χ0v) is 18.3. The molecule has 0 aliphatic carbocycles. The first kappa shape index (κ1) is 21.1. The topological polar surface area (TPSA) is 58.2 Å². The van der Waals surface area contributed by atoms with Crippen LogP contribution in [-0.2, 0) is 16.0 Å². The van der Waals surface area contributed by atoms with E-state index in [2.05, 4.69) is 26.6 Å². The maximum atomic E-state index is 12.5. The molecule has 6 heteroatoms. The highest BCUT2D eigenvalue weighted by Crippen LogP contribution is 2.27. The molecule has 1 unspecified atom stereocenters. The predicted molar refractivity (Wildman–Crippen MR) is 123 cm³/mol. The average molecular weight is 469 g/mol. The molecule has 0 fully saturated rings. The number of benzene rings is 3. The zero-order valence-electron chi connectivity index (χ0n) is 15.9. The Morgan fingerprint density at radius 1 is 0.897 bits per heavy atom. The summed E-state index contributed by atoms with van der Waals surface area (Å²) in [6.45, 7) is 1.86. The molecule has 0 aliphatic rings. The Morgan fingerprint density at radius 3 is 2.34 bits per heavy atom. The molecule has 0 saturated carbocycles. The quantitative estimate of drug-likeness (QED) is 0.434. The second kappa shape index (κ2) is 10.3. The maximum absolute atomic E-state index is 12.5. The normalized spacial score (nSPS) is 11.5. The van der Waals surface area contributed by atoms with Crippen molar-refractivity contribution in [2.75, 3.05) is 10.6 Å². The number of rotatable bonds is 7. The summed E-state index contributed by atoms with van der Waals surface area (Å²) in [6, 6.07) is 24.6. The second-order valence-corrected chi connectivity index (χ2v) is 8.82. The molecule has 0 aliphatic heterocycles. The van der Waals surface area contributed by atoms with Crippen LogP contribution in [0.15, 0.2) is 88.2 Å². The summed E-state index contributed by atoms with van der Waals surface area (Å²) in [6.07, 6.45) is 0.324. The minimum atomic E-state index is -0.283. The van der Waals surface area contributed by atoms with Gasteiger partial charge in [0.05, 0.1) is 11.7 Å². The van der Waals surface area contributed by atoms with Crippen LogP contribution < -0.4 is 10.6 Å². The molecule has 0 aromatic heterocycles. The first-order chi connectivity index (χ1) is 14.0. The molecular formula is C23H21BrN2O2S. The number of carbonyl (C=O) groups excluding carboxylic acids is 2. The number of hydrogen-bond acceptors (Lipinski definition) is 3. The van der Waals surface area contributed by atoms with E-state index in [9.17, 15) is 9.59 Å². The Labute approximate surface area is 183 Å². The largest absolute Gasteiger partial charge is 0.326 e. The lowest BCUT2D eigenvalue weighted by atomic mass is 10.1. The summed E-state index contributed by atoms with van der Waals surface area (Å²) >= 11 is 4.83. The third-order valence-electron chi connectivity index (χ3n) is 4.12. The van der Waals surface area contributed by atoms with E-state index in [0.29, 0.717) is 6.42 Å². The Morgan fingerprint density at radius 2 is 1.62 bits per heavy atom. The smallest absolute Gasteiger partial charge is 0.237 e. The number of thioether (sulfide) groups is 1. The SMILES string of the molecule is CC(Sc1cccc(NC(=O)Cc2ccccc2)c1)C(=O)Nc1ccc(Br)cc1. The van der Waals surface area contributed by atoms with Crippen LogP contribution in [0.1, 0.15) is 12.5 Å². The van der Waals surface area contributed by atoms with E-state index < -0.39 is 0 Å². The summed E-state index contributed by atoms with van der Waals surface area (Å²) in [5.41, 5.74) is 2.44. The summed E-state index contributed by atoms with van der Waals surface area (Å²) in [5.74, 6) is -0.143. The molecule has 148 valence electrons. The van der Waals surface area contributed by atoms with Crippen molar-refractivity contribution in [1.82, 2.24) is 0 Å². The third kappa shape index (κ3) is 6.76. The van der Waals surface area contributed by atoms with Crippen LogP contribution >= 0.6 is 27.7 Å². The van der Waals surface area contributed by atoms with Crippen LogP contribution in [0.5, 0.6) is 0 Å². The molecule has 0 radical (unpaired) electrons. The number of amides is 2. The van der Waals surface area contributed by atoms with Crippen LogP contribution in [0.25, 0.3) is 0 Å². The van der Waals surface area contributed by atoms with Gasteiger partial charge in [-0.15, -0.1) is 11.8 Å². The summed E-state index contributed by atoms with van der Waals surface area (Å²) in [4.78, 5) is 25.6. The molecule has 3 aromatic carbocycles. The van der Waals surface area contributed by atoms with Crippen LogP contribution in [0.4, 0.5) is 11.4 Å². The Bertz CT molecular complexity index is 978. The standard InChI is InChI=1S/C23H21BrN2O2S/c1-16(23(28)26-19-12-10-18(24)11-13-19)29-21-9-5-8-20(15-21)25-22(27)14-17-6-3-2-4-7-17/h2-13,15-16H,14H2,1H3,(H,25,27)(H,26,28). The minimum absolute atomic E-state index is 0.0700. The van der Waals surface area contributed by atoms with Crippen LogP contribution in [0.2, 0.25) is 0 Å². The number of hydrogen-bond donors (Lipinski definition) is 2. The van der Waals surface area contributed by atoms with Gasteiger partial charge in [-0.1, -0.05) is 52.3 Å². The summed E-state index contributed by atoms with van der Waals surface area (Å²) in [5, 5.41) is 5.55. The van der Waals surface area contributed by atoms with Crippen molar-refractivity contribution >= 4 is 50.9 Å². The van der Waals surface area contributed by atoms with Crippen molar-refractivity contribution in [2.24, 2.45) is 0 Å². The minimum Gasteiger partial charge on any atom is -0.326 e. The molecule has 0 heterocycles. The lowest BCUT2D eigenvalue weighted by Crippen LogP contribution is -2.22. The molecule has 29 heavy (non-hydrogen) atoms. The van der Waals surface area contributed by atoms with E-state index in [-0.39, 0.29) is 17.1 Å². The predicted octanol–water partition coefficient (Wildman–Crippen LogP) is 5.75. The average Bonchev–Trinajstić information content (AvgIpc) is 2.70. The number of nitrogens with one attached hydrogen (secondary N) is 2. The molecule has 2 amide bonds. The molecular weight excluding hydrogens is 448 g/mol. The first-order valence-corrected chi connectivity index (χ1v) is 10.8. The van der Waals surface area contributed by atoms with Crippen LogP contribution in [0.3, 0.4) is 0 Å². The van der Waals surface area contributed by atoms with Gasteiger partial charge in [-0.05, 0) is 55.0 Å². The lowest BCUT2D eigenvalue weighted by Gasteiger charge is -2.13. The lowest BCUT2D eigenvalue weighted by molar-refractivity contribution is -0.116. The maximum Gasteiger partial charge on any atom is 0.237 e. The molecule has 1 atom stereocenters. The number of carbonyl (C=O) groups is 2. The molecule has 3 rings (SSSR count). The van der Waals surface area contributed by atoms with Gasteiger partial charge < -0.3 is 10.6 Å². The Balaban J connectivity index is 1.56. The van der Waals surface area contributed by atoms with Gasteiger partial charge in [0.25, 0.3) is 0 Å². The number of halogens is 1. The fourth-order valence-electron chi connectivity index (χ4n) is 2.67. The van der Waals surface area contributed by atoms with E-state index in [0.717, 1.165) is 26.3 Å². The van der Waals surface area contributed by atoms with E-state index in [1.165, 1.54) is 11.8 Å². The van der Waals surface area contributed by atoms with E-state index in [1.54, 1.807) is 0 Å². The molecule has 4 nitrogen and oxygen atoms in total. The van der Waals surface area contributed by atoms with Crippen molar-refractivity contribution in [3.63, 3.8) is 0 Å². The van der Waals surface area contributed by atoms with Crippen molar-refractivity contribution in [3.8, 4) is 0 Å². The summed E-state index contributed by atoms with van der Waals surface area (Å²) < 4.78 is 0.962. The van der Waals surface area contributed by atoms with E-state index >= 15 is 0 Å². The molecule has 0 bridgehead atoms. The van der Waals surface area contributed by atoms with Gasteiger partial charge in [-0.3, -0.25) is 9.59 Å².